The van der Waals surface area contributed by atoms with E-state index < -0.39 is 0 Å². The number of benzene rings is 9. The monoisotopic (exact) mass is 773 g/mol. The molecule has 0 radical (unpaired) electrons. The largest absolute Gasteiger partial charge is 0.456 e. The number of anilines is 3. The van der Waals surface area contributed by atoms with Gasteiger partial charge in [0.2, 0.25) is 0 Å². The molecule has 0 saturated heterocycles. The highest BCUT2D eigenvalue weighted by atomic mass is 32.1. The Balaban J connectivity index is 0.958. The average Bonchev–Trinajstić information content (AvgIpc) is 4.06. The Morgan fingerprint density at radius 2 is 0.898 bits per heavy atom. The molecule has 0 unspecified atom stereocenters. The van der Waals surface area contributed by atoms with E-state index in [0.29, 0.717) is 0 Å². The van der Waals surface area contributed by atoms with Crippen LogP contribution in [0.15, 0.2) is 201 Å². The van der Waals surface area contributed by atoms with E-state index in [4.69, 9.17) is 13.3 Å². The molecule has 0 fully saturated rings. The quantitative estimate of drug-likeness (QED) is 0.175. The molecule has 0 amide bonds. The predicted octanol–water partition coefficient (Wildman–Crippen LogP) is 16.6. The van der Waals surface area contributed by atoms with Gasteiger partial charge in [-0.2, -0.15) is 0 Å². The fourth-order valence-corrected chi connectivity index (χ4v) is 10.3. The number of hydrogen-bond acceptors (Lipinski definition) is 5. The van der Waals surface area contributed by atoms with Crippen LogP contribution >= 0.6 is 11.3 Å². The van der Waals surface area contributed by atoms with E-state index >= 15 is 0 Å². The molecule has 0 aliphatic carbocycles. The molecular formula is C54H31NO3S. The molecule has 9 aromatic carbocycles. The molecule has 0 aliphatic heterocycles. The highest BCUT2D eigenvalue weighted by molar-refractivity contribution is 7.26. The lowest BCUT2D eigenvalue weighted by molar-refractivity contribution is 0.668. The molecule has 5 heteroatoms. The second-order valence-electron chi connectivity index (χ2n) is 15.2. The number of nitrogens with zero attached hydrogens (tertiary/aromatic N) is 1. The van der Waals surface area contributed by atoms with Gasteiger partial charge in [-0.15, -0.1) is 11.3 Å². The summed E-state index contributed by atoms with van der Waals surface area (Å²) in [7, 11) is 0. The summed E-state index contributed by atoms with van der Waals surface area (Å²) in [6.07, 6.45) is 0. The van der Waals surface area contributed by atoms with Crippen molar-refractivity contribution in [2.75, 3.05) is 4.90 Å². The Bertz CT molecular complexity index is 3790. The highest BCUT2D eigenvalue weighted by Crippen LogP contribution is 2.47. The molecule has 0 atom stereocenters. The van der Waals surface area contributed by atoms with Crippen molar-refractivity contribution >= 4 is 114 Å². The maximum Gasteiger partial charge on any atom is 0.144 e. The SMILES string of the molecule is c1ccc2c(c1)oc1cc(-c3ccc(N(c4ccc(-c5cccc6sc7ccc8c9ccccc9oc8c7c56)cc4)c4cccc5oc6ccccc6c45)cc3)ccc12. The molecule has 13 aromatic rings. The van der Waals surface area contributed by atoms with Crippen molar-refractivity contribution in [3.05, 3.63) is 188 Å². The van der Waals surface area contributed by atoms with Crippen molar-refractivity contribution in [3.63, 3.8) is 0 Å². The van der Waals surface area contributed by atoms with Crippen LogP contribution in [0.4, 0.5) is 17.1 Å². The zero-order chi connectivity index (χ0) is 38.6. The van der Waals surface area contributed by atoms with Crippen LogP contribution in [0, 0.1) is 0 Å². The summed E-state index contributed by atoms with van der Waals surface area (Å²) < 4.78 is 21.7. The summed E-state index contributed by atoms with van der Waals surface area (Å²) in [6.45, 7) is 0. The van der Waals surface area contributed by atoms with Crippen molar-refractivity contribution in [1.82, 2.24) is 0 Å². The Labute approximate surface area is 341 Å². The first-order valence-electron chi connectivity index (χ1n) is 19.8. The van der Waals surface area contributed by atoms with Crippen molar-refractivity contribution in [3.8, 4) is 22.3 Å². The molecule has 13 rings (SSSR count). The minimum absolute atomic E-state index is 0.856. The Hall–Kier alpha value is -7.60. The second-order valence-corrected chi connectivity index (χ2v) is 16.3. The number of rotatable bonds is 5. The van der Waals surface area contributed by atoms with Gasteiger partial charge in [0.1, 0.15) is 33.5 Å². The van der Waals surface area contributed by atoms with Gasteiger partial charge in [-0.1, -0.05) is 103 Å². The zero-order valence-electron chi connectivity index (χ0n) is 31.5. The molecule has 4 nitrogen and oxygen atoms in total. The fourth-order valence-electron chi connectivity index (χ4n) is 9.19. The molecule has 0 spiro atoms. The normalized spacial score (nSPS) is 12.1. The van der Waals surface area contributed by atoms with Gasteiger partial charge in [-0.05, 0) is 107 Å². The number of furan rings is 3. The van der Waals surface area contributed by atoms with Gasteiger partial charge < -0.3 is 18.2 Å². The van der Waals surface area contributed by atoms with Gasteiger partial charge >= 0.3 is 0 Å². The van der Waals surface area contributed by atoms with Gasteiger partial charge in [0.05, 0.1) is 11.1 Å². The van der Waals surface area contributed by atoms with E-state index in [1.165, 1.54) is 25.7 Å². The van der Waals surface area contributed by atoms with Crippen LogP contribution in [-0.2, 0) is 0 Å². The molecule has 4 heterocycles. The van der Waals surface area contributed by atoms with Crippen molar-refractivity contribution < 1.29 is 13.3 Å². The summed E-state index contributed by atoms with van der Waals surface area (Å²) >= 11 is 1.82. The second kappa shape index (κ2) is 12.4. The summed E-state index contributed by atoms with van der Waals surface area (Å²) in [5, 5.41) is 9.13. The average molecular weight is 774 g/mol. The lowest BCUT2D eigenvalue weighted by Crippen LogP contribution is -2.10. The van der Waals surface area contributed by atoms with Crippen LogP contribution in [0.2, 0.25) is 0 Å². The van der Waals surface area contributed by atoms with Crippen LogP contribution in [0.25, 0.3) is 108 Å². The van der Waals surface area contributed by atoms with E-state index in [-0.39, 0.29) is 0 Å². The standard InChI is InChI=1S/C54H31NO3S/c1-4-14-44-38(9-1)40-28-23-34(31-48(40)57-44)32-19-24-35(25-20-32)55(43-13-8-17-47-51(43)42-11-3-6-16-46(42)56-47)36-26-21-33(22-27-36)37-12-7-18-49-52(37)53-50(59-49)30-29-41-39-10-2-5-15-45(39)58-54(41)53/h1-31H. The van der Waals surface area contributed by atoms with Crippen LogP contribution in [0.3, 0.4) is 0 Å². The van der Waals surface area contributed by atoms with E-state index in [2.05, 4.69) is 163 Å². The molecule has 59 heavy (non-hydrogen) atoms. The van der Waals surface area contributed by atoms with Crippen LogP contribution in [0.5, 0.6) is 0 Å². The Kier molecular flexibility index (Phi) is 6.85. The van der Waals surface area contributed by atoms with E-state index in [1.807, 2.05) is 41.7 Å². The lowest BCUT2D eigenvalue weighted by Gasteiger charge is -2.26. The molecule has 276 valence electrons. The van der Waals surface area contributed by atoms with E-state index in [1.54, 1.807) is 0 Å². The van der Waals surface area contributed by atoms with Gasteiger partial charge in [-0.25, -0.2) is 0 Å². The highest BCUT2D eigenvalue weighted by Gasteiger charge is 2.21. The van der Waals surface area contributed by atoms with Crippen LogP contribution in [-0.4, -0.2) is 0 Å². The number of para-hydroxylation sites is 3. The van der Waals surface area contributed by atoms with Crippen molar-refractivity contribution in [2.45, 2.75) is 0 Å². The summed E-state index contributed by atoms with van der Waals surface area (Å²) in [5.41, 5.74) is 13.1. The van der Waals surface area contributed by atoms with E-state index in [0.717, 1.165) is 99.6 Å². The molecule has 0 bridgehead atoms. The molecule has 4 aromatic heterocycles. The Morgan fingerprint density at radius 3 is 1.68 bits per heavy atom. The molecule has 0 N–H and O–H groups in total. The first-order valence-corrected chi connectivity index (χ1v) is 20.6. The smallest absolute Gasteiger partial charge is 0.144 e. The van der Waals surface area contributed by atoms with Crippen LogP contribution in [0.1, 0.15) is 0 Å². The summed E-state index contributed by atoms with van der Waals surface area (Å²) in [4.78, 5) is 2.35. The molecule has 0 saturated carbocycles. The number of fused-ring (bicyclic) bond motifs is 13. The van der Waals surface area contributed by atoms with Gasteiger partial charge in [0.15, 0.2) is 0 Å². The van der Waals surface area contributed by atoms with Crippen molar-refractivity contribution in [2.24, 2.45) is 0 Å². The number of thiophene rings is 1. The third kappa shape index (κ3) is 4.89. The maximum absolute atomic E-state index is 6.59. The third-order valence-electron chi connectivity index (χ3n) is 11.9. The zero-order valence-corrected chi connectivity index (χ0v) is 32.3. The minimum Gasteiger partial charge on any atom is -0.456 e. The topological polar surface area (TPSA) is 42.7 Å². The number of hydrogen-bond donors (Lipinski definition) is 0. The van der Waals surface area contributed by atoms with Gasteiger partial charge in [0, 0.05) is 58.5 Å². The predicted molar refractivity (Wildman–Crippen MR) is 247 cm³/mol. The van der Waals surface area contributed by atoms with Gasteiger partial charge in [0.25, 0.3) is 0 Å². The van der Waals surface area contributed by atoms with Gasteiger partial charge in [-0.3, -0.25) is 0 Å². The molecular weight excluding hydrogens is 743 g/mol. The maximum atomic E-state index is 6.59. The van der Waals surface area contributed by atoms with E-state index in [9.17, 15) is 0 Å². The Morgan fingerprint density at radius 1 is 0.339 bits per heavy atom. The molecule has 0 aliphatic rings. The van der Waals surface area contributed by atoms with Crippen LogP contribution < -0.4 is 4.90 Å². The first-order chi connectivity index (χ1) is 29.2. The summed E-state index contributed by atoms with van der Waals surface area (Å²) in [6, 6.07) is 66.6. The fraction of sp³-hybridized carbons (Fsp3) is 0. The first kappa shape index (κ1) is 32.5. The van der Waals surface area contributed by atoms with Crippen molar-refractivity contribution in [1.29, 1.82) is 0 Å². The third-order valence-corrected chi connectivity index (χ3v) is 13.0. The lowest BCUT2D eigenvalue weighted by atomic mass is 9.98. The summed E-state index contributed by atoms with van der Waals surface area (Å²) in [5.74, 6) is 0. The minimum atomic E-state index is 0.856.